The van der Waals surface area contributed by atoms with Gasteiger partial charge in [-0.15, -0.1) is 0 Å². The van der Waals surface area contributed by atoms with E-state index >= 15 is 0 Å². The van der Waals surface area contributed by atoms with E-state index in [1.165, 1.54) is 0 Å². The van der Waals surface area contributed by atoms with Crippen LogP contribution in [0.1, 0.15) is 38.5 Å². The zero-order chi connectivity index (χ0) is 15.6. The van der Waals surface area contributed by atoms with Crippen LogP contribution < -0.4 is 0 Å². The van der Waals surface area contributed by atoms with E-state index in [4.69, 9.17) is 4.74 Å². The molecule has 0 spiro atoms. The van der Waals surface area contributed by atoms with Gasteiger partial charge in [0.15, 0.2) is 5.60 Å². The molecule has 122 valence electrons. The van der Waals surface area contributed by atoms with Gasteiger partial charge in [-0.25, -0.2) is 4.79 Å². The number of ether oxygens (including phenoxy) is 1. The summed E-state index contributed by atoms with van der Waals surface area (Å²) in [5.74, 6) is -0.530. The van der Waals surface area contributed by atoms with Crippen molar-refractivity contribution in [1.29, 1.82) is 0 Å². The van der Waals surface area contributed by atoms with Crippen molar-refractivity contribution < 1.29 is 14.6 Å². The first kappa shape index (κ1) is 15.8. The van der Waals surface area contributed by atoms with Crippen molar-refractivity contribution in [2.75, 3.05) is 20.1 Å². The Labute approximate surface area is 132 Å². The highest BCUT2D eigenvalue weighted by Gasteiger charge is 2.51. The van der Waals surface area contributed by atoms with Crippen LogP contribution in [0.25, 0.3) is 0 Å². The van der Waals surface area contributed by atoms with E-state index in [1.54, 1.807) is 0 Å². The highest BCUT2D eigenvalue weighted by atomic mass is 16.6. The van der Waals surface area contributed by atoms with Gasteiger partial charge in [0, 0.05) is 19.0 Å². The van der Waals surface area contributed by atoms with Crippen LogP contribution in [-0.2, 0) is 9.53 Å². The van der Waals surface area contributed by atoms with Crippen LogP contribution in [0.4, 0.5) is 0 Å². The number of hydrogen-bond acceptors (Lipinski definition) is 4. The second-order valence-electron chi connectivity index (χ2n) is 7.04. The summed E-state index contributed by atoms with van der Waals surface area (Å²) in [7, 11) is 2.03. The third kappa shape index (κ3) is 2.99. The van der Waals surface area contributed by atoms with Gasteiger partial charge in [0.1, 0.15) is 6.10 Å². The van der Waals surface area contributed by atoms with E-state index < -0.39 is 11.6 Å². The van der Waals surface area contributed by atoms with Crippen molar-refractivity contribution in [3.05, 3.63) is 24.3 Å². The monoisotopic (exact) mass is 305 g/mol. The lowest BCUT2D eigenvalue weighted by atomic mass is 9.73. The SMILES string of the molecule is CN1CCC(OC(=O)C(O)(C2C=CC=CC2)C2CCCC2)C1. The molecular formula is C18H27NO3. The first-order valence-electron chi connectivity index (χ1n) is 8.56. The van der Waals surface area contributed by atoms with Crippen molar-refractivity contribution in [3.8, 4) is 0 Å². The van der Waals surface area contributed by atoms with Crippen LogP contribution in [0, 0.1) is 11.8 Å². The average Bonchev–Trinajstić information content (AvgIpc) is 3.19. The molecule has 0 radical (unpaired) electrons. The molecule has 3 rings (SSSR count). The molecule has 22 heavy (non-hydrogen) atoms. The molecule has 1 heterocycles. The molecule has 3 atom stereocenters. The standard InChI is InChI=1S/C18H27NO3/c1-19-12-11-16(13-19)22-17(20)18(21,15-9-5-6-10-15)14-7-3-2-4-8-14/h2-4,7,14-16,21H,5-6,8-13H2,1H3. The van der Waals surface area contributed by atoms with Gasteiger partial charge in [0.25, 0.3) is 0 Å². The molecule has 1 aliphatic heterocycles. The van der Waals surface area contributed by atoms with Gasteiger partial charge >= 0.3 is 5.97 Å². The third-order valence-electron chi connectivity index (χ3n) is 5.47. The average molecular weight is 305 g/mol. The number of allylic oxidation sites excluding steroid dienone is 3. The molecule has 0 amide bonds. The lowest BCUT2D eigenvalue weighted by molar-refractivity contribution is -0.182. The molecule has 2 fully saturated rings. The third-order valence-corrected chi connectivity index (χ3v) is 5.47. The number of esters is 1. The summed E-state index contributed by atoms with van der Waals surface area (Å²) in [5, 5.41) is 11.4. The maximum atomic E-state index is 12.9. The molecule has 1 N–H and O–H groups in total. The van der Waals surface area contributed by atoms with Crippen LogP contribution in [0.3, 0.4) is 0 Å². The molecular weight excluding hydrogens is 278 g/mol. The number of rotatable bonds is 4. The number of carbonyl (C=O) groups is 1. The van der Waals surface area contributed by atoms with E-state index in [0.29, 0.717) is 6.42 Å². The first-order chi connectivity index (χ1) is 10.6. The van der Waals surface area contributed by atoms with Crippen LogP contribution in [0.5, 0.6) is 0 Å². The normalized spacial score (nSPS) is 32.3. The van der Waals surface area contributed by atoms with Gasteiger partial charge in [-0.1, -0.05) is 37.1 Å². The topological polar surface area (TPSA) is 49.8 Å². The molecule has 0 aromatic rings. The Kier molecular flexibility index (Phi) is 4.69. The quantitative estimate of drug-likeness (QED) is 0.810. The Balaban J connectivity index is 1.76. The highest BCUT2D eigenvalue weighted by Crippen LogP contribution is 2.42. The van der Waals surface area contributed by atoms with Crippen molar-refractivity contribution in [3.63, 3.8) is 0 Å². The molecule has 0 aromatic heterocycles. The summed E-state index contributed by atoms with van der Waals surface area (Å²) in [4.78, 5) is 15.0. The zero-order valence-electron chi connectivity index (χ0n) is 13.4. The van der Waals surface area contributed by atoms with Crippen LogP contribution >= 0.6 is 0 Å². The van der Waals surface area contributed by atoms with Crippen LogP contribution in [-0.4, -0.2) is 47.8 Å². The summed E-state index contributed by atoms with van der Waals surface area (Å²) in [6, 6.07) is 0. The van der Waals surface area contributed by atoms with Gasteiger partial charge in [-0.05, 0) is 38.6 Å². The van der Waals surface area contributed by atoms with Gasteiger partial charge in [0.2, 0.25) is 0 Å². The molecule has 0 aromatic carbocycles. The fourth-order valence-electron chi connectivity index (χ4n) is 4.13. The van der Waals surface area contributed by atoms with Crippen molar-refractivity contribution >= 4 is 5.97 Å². The van der Waals surface area contributed by atoms with Gasteiger partial charge in [-0.3, -0.25) is 0 Å². The number of hydrogen-bond donors (Lipinski definition) is 1. The Morgan fingerprint density at radius 2 is 2.05 bits per heavy atom. The predicted molar refractivity (Wildman–Crippen MR) is 85.3 cm³/mol. The highest BCUT2D eigenvalue weighted by molar-refractivity contribution is 5.81. The summed E-state index contributed by atoms with van der Waals surface area (Å²) < 4.78 is 5.72. The number of nitrogens with zero attached hydrogens (tertiary/aromatic N) is 1. The fourth-order valence-corrected chi connectivity index (χ4v) is 4.13. The molecule has 4 heteroatoms. The van der Waals surface area contributed by atoms with Gasteiger partial charge < -0.3 is 14.7 Å². The Morgan fingerprint density at radius 1 is 1.27 bits per heavy atom. The summed E-state index contributed by atoms with van der Waals surface area (Å²) in [6.07, 6.45) is 13.4. The van der Waals surface area contributed by atoms with E-state index in [0.717, 1.165) is 45.2 Å². The van der Waals surface area contributed by atoms with E-state index in [-0.39, 0.29) is 17.9 Å². The smallest absolute Gasteiger partial charge is 0.339 e. The fraction of sp³-hybridized carbons (Fsp3) is 0.722. The Bertz CT molecular complexity index is 467. The number of likely N-dealkylation sites (tertiary alicyclic amines) is 1. The zero-order valence-corrected chi connectivity index (χ0v) is 13.4. The minimum absolute atomic E-state index is 0.0280. The first-order valence-corrected chi connectivity index (χ1v) is 8.56. The lowest BCUT2D eigenvalue weighted by Gasteiger charge is -2.38. The molecule has 1 saturated carbocycles. The summed E-state index contributed by atoms with van der Waals surface area (Å²) >= 11 is 0. The maximum absolute atomic E-state index is 12.9. The molecule has 3 aliphatic rings. The van der Waals surface area contributed by atoms with E-state index in [2.05, 4.69) is 4.90 Å². The van der Waals surface area contributed by atoms with Gasteiger partial charge in [0.05, 0.1) is 0 Å². The molecule has 3 unspecified atom stereocenters. The number of likely N-dealkylation sites (N-methyl/N-ethyl adjacent to an activating group) is 1. The predicted octanol–water partition coefficient (Wildman–Crippen LogP) is 2.29. The molecule has 4 nitrogen and oxygen atoms in total. The maximum Gasteiger partial charge on any atom is 0.339 e. The molecule has 1 saturated heterocycles. The van der Waals surface area contributed by atoms with Crippen molar-refractivity contribution in [1.82, 2.24) is 4.90 Å². The largest absolute Gasteiger partial charge is 0.459 e. The van der Waals surface area contributed by atoms with Crippen molar-refractivity contribution in [2.45, 2.75) is 50.2 Å². The van der Waals surface area contributed by atoms with Crippen LogP contribution in [0.2, 0.25) is 0 Å². The van der Waals surface area contributed by atoms with E-state index in [9.17, 15) is 9.90 Å². The van der Waals surface area contributed by atoms with Crippen LogP contribution in [0.15, 0.2) is 24.3 Å². The molecule has 2 aliphatic carbocycles. The Morgan fingerprint density at radius 3 is 2.64 bits per heavy atom. The minimum atomic E-state index is -1.36. The lowest BCUT2D eigenvalue weighted by Crippen LogP contribution is -2.53. The summed E-state index contributed by atoms with van der Waals surface area (Å²) in [5.41, 5.74) is -1.36. The molecule has 0 bridgehead atoms. The second kappa shape index (κ2) is 6.55. The number of carbonyl (C=O) groups excluding carboxylic acids is 1. The summed E-state index contributed by atoms with van der Waals surface area (Å²) in [6.45, 7) is 1.72. The van der Waals surface area contributed by atoms with Crippen molar-refractivity contribution in [2.24, 2.45) is 11.8 Å². The number of aliphatic hydroxyl groups is 1. The Hall–Kier alpha value is -1.13. The van der Waals surface area contributed by atoms with Gasteiger partial charge in [-0.2, -0.15) is 0 Å². The second-order valence-corrected chi connectivity index (χ2v) is 7.04. The van der Waals surface area contributed by atoms with E-state index in [1.807, 2.05) is 31.4 Å². The minimum Gasteiger partial charge on any atom is -0.459 e.